The standard InChI is InChI=1S/C16H20N6O2/c1-9(2)14-13(10(3)17-16-19-20-21-22(14)16)15(23)18-11-7-5-6-8-12(11)24-4/h5-9,14H,1-4H3,(H,18,23)(H,17,19,21)/t14-/m1/s1. The topological polar surface area (TPSA) is 94.0 Å². The van der Waals surface area contributed by atoms with E-state index in [9.17, 15) is 4.79 Å². The molecule has 1 aliphatic rings. The van der Waals surface area contributed by atoms with E-state index in [1.807, 2.05) is 32.9 Å². The van der Waals surface area contributed by atoms with Crippen LogP contribution in [-0.4, -0.2) is 33.2 Å². The monoisotopic (exact) mass is 328 g/mol. The molecule has 126 valence electrons. The summed E-state index contributed by atoms with van der Waals surface area (Å²) in [5.41, 5.74) is 1.97. The Labute approximate surface area is 139 Å². The minimum atomic E-state index is -0.244. The first kappa shape index (κ1) is 16.0. The summed E-state index contributed by atoms with van der Waals surface area (Å²) in [6.07, 6.45) is 0. The van der Waals surface area contributed by atoms with Gasteiger partial charge in [-0.25, -0.2) is 4.68 Å². The number of hydrogen-bond donors (Lipinski definition) is 2. The number of carbonyl (C=O) groups excluding carboxylic acids is 1. The highest BCUT2D eigenvalue weighted by Gasteiger charge is 2.34. The van der Waals surface area contributed by atoms with E-state index in [1.165, 1.54) is 0 Å². The Kier molecular flexibility index (Phi) is 4.20. The van der Waals surface area contributed by atoms with Crippen LogP contribution in [0, 0.1) is 5.92 Å². The molecule has 1 amide bonds. The number of ether oxygens (including phenoxy) is 1. The summed E-state index contributed by atoms with van der Waals surface area (Å²) in [5.74, 6) is 1.09. The van der Waals surface area contributed by atoms with Crippen LogP contribution in [0.15, 0.2) is 35.5 Å². The van der Waals surface area contributed by atoms with Crippen molar-refractivity contribution in [3.05, 3.63) is 35.5 Å². The molecule has 0 bridgehead atoms. The van der Waals surface area contributed by atoms with E-state index in [1.54, 1.807) is 23.9 Å². The Morgan fingerprint density at radius 1 is 1.38 bits per heavy atom. The summed E-state index contributed by atoms with van der Waals surface area (Å²) in [6.45, 7) is 5.92. The van der Waals surface area contributed by atoms with Gasteiger partial charge in [0.2, 0.25) is 5.95 Å². The molecule has 8 heteroatoms. The lowest BCUT2D eigenvalue weighted by Crippen LogP contribution is -2.33. The van der Waals surface area contributed by atoms with Gasteiger partial charge in [0, 0.05) is 5.70 Å². The fourth-order valence-electron chi connectivity index (χ4n) is 2.90. The van der Waals surface area contributed by atoms with Crippen molar-refractivity contribution >= 4 is 17.5 Å². The number of allylic oxidation sites excluding steroid dienone is 1. The predicted octanol–water partition coefficient (Wildman–Crippen LogP) is 2.22. The number of carbonyl (C=O) groups is 1. The highest BCUT2D eigenvalue weighted by molar-refractivity contribution is 6.06. The molecule has 2 heterocycles. The second-order valence-electron chi connectivity index (χ2n) is 5.95. The fraction of sp³-hybridized carbons (Fsp3) is 0.375. The first-order chi connectivity index (χ1) is 11.5. The van der Waals surface area contributed by atoms with Gasteiger partial charge in [-0.05, 0) is 35.4 Å². The first-order valence-corrected chi connectivity index (χ1v) is 7.73. The molecule has 0 spiro atoms. The smallest absolute Gasteiger partial charge is 0.255 e. The summed E-state index contributed by atoms with van der Waals surface area (Å²) >= 11 is 0. The van der Waals surface area contributed by atoms with Gasteiger partial charge in [0.1, 0.15) is 5.75 Å². The summed E-state index contributed by atoms with van der Waals surface area (Å²) in [5, 5.41) is 17.7. The van der Waals surface area contributed by atoms with Crippen LogP contribution in [0.2, 0.25) is 0 Å². The Morgan fingerprint density at radius 2 is 2.12 bits per heavy atom. The third-order valence-corrected chi connectivity index (χ3v) is 3.99. The summed E-state index contributed by atoms with van der Waals surface area (Å²) in [6, 6.07) is 7.06. The van der Waals surface area contributed by atoms with Gasteiger partial charge in [-0.1, -0.05) is 31.1 Å². The second-order valence-corrected chi connectivity index (χ2v) is 5.95. The minimum absolute atomic E-state index is 0.141. The zero-order valence-corrected chi connectivity index (χ0v) is 14.1. The first-order valence-electron chi connectivity index (χ1n) is 7.73. The summed E-state index contributed by atoms with van der Waals surface area (Å²) in [7, 11) is 1.57. The molecule has 24 heavy (non-hydrogen) atoms. The van der Waals surface area contributed by atoms with Gasteiger partial charge in [-0.3, -0.25) is 4.79 Å². The normalized spacial score (nSPS) is 16.6. The van der Waals surface area contributed by atoms with Gasteiger partial charge in [-0.2, -0.15) is 0 Å². The third kappa shape index (κ3) is 2.70. The maximum Gasteiger partial charge on any atom is 0.255 e. The van der Waals surface area contributed by atoms with Gasteiger partial charge in [0.15, 0.2) is 0 Å². The van der Waals surface area contributed by atoms with E-state index in [-0.39, 0.29) is 17.9 Å². The van der Waals surface area contributed by atoms with Crippen molar-refractivity contribution in [1.29, 1.82) is 0 Å². The quantitative estimate of drug-likeness (QED) is 0.894. The zero-order chi connectivity index (χ0) is 17.3. The van der Waals surface area contributed by atoms with Crippen LogP contribution in [0.5, 0.6) is 5.75 Å². The van der Waals surface area contributed by atoms with Crippen molar-refractivity contribution in [2.45, 2.75) is 26.8 Å². The number of nitrogens with one attached hydrogen (secondary N) is 2. The Bertz CT molecular complexity index is 795. The maximum atomic E-state index is 12.9. The van der Waals surface area contributed by atoms with Crippen LogP contribution in [-0.2, 0) is 4.79 Å². The van der Waals surface area contributed by atoms with E-state index in [0.29, 0.717) is 23.0 Å². The SMILES string of the molecule is COc1ccccc1NC(=O)C1=C(C)Nc2nnnn2[C@@H]1C(C)C. The number of hydrogen-bond acceptors (Lipinski definition) is 6. The van der Waals surface area contributed by atoms with Crippen LogP contribution >= 0.6 is 0 Å². The average Bonchev–Trinajstić information content (AvgIpc) is 3.01. The molecule has 2 N–H and O–H groups in total. The van der Waals surface area contributed by atoms with Crippen LogP contribution in [0.3, 0.4) is 0 Å². The van der Waals surface area contributed by atoms with E-state index in [4.69, 9.17) is 4.74 Å². The van der Waals surface area contributed by atoms with Crippen molar-refractivity contribution in [1.82, 2.24) is 20.2 Å². The maximum absolute atomic E-state index is 12.9. The predicted molar refractivity (Wildman–Crippen MR) is 89.6 cm³/mol. The molecule has 8 nitrogen and oxygen atoms in total. The molecular weight excluding hydrogens is 308 g/mol. The number of benzene rings is 1. The van der Waals surface area contributed by atoms with Crippen LogP contribution in [0.25, 0.3) is 0 Å². The third-order valence-electron chi connectivity index (χ3n) is 3.99. The fourth-order valence-corrected chi connectivity index (χ4v) is 2.90. The molecule has 0 radical (unpaired) electrons. The van der Waals surface area contributed by atoms with E-state index < -0.39 is 0 Å². The van der Waals surface area contributed by atoms with Gasteiger partial charge < -0.3 is 15.4 Å². The van der Waals surface area contributed by atoms with E-state index in [0.717, 1.165) is 5.70 Å². The molecule has 1 aliphatic heterocycles. The lowest BCUT2D eigenvalue weighted by molar-refractivity contribution is -0.113. The second kappa shape index (κ2) is 6.31. The molecule has 1 atom stereocenters. The number of anilines is 2. The molecular formula is C16H20N6O2. The van der Waals surface area contributed by atoms with Crippen molar-refractivity contribution in [2.24, 2.45) is 5.92 Å². The van der Waals surface area contributed by atoms with Gasteiger partial charge in [-0.15, -0.1) is 0 Å². The van der Waals surface area contributed by atoms with Crippen molar-refractivity contribution in [2.75, 3.05) is 17.7 Å². The molecule has 0 aliphatic carbocycles. The highest BCUT2D eigenvalue weighted by atomic mass is 16.5. The number of amides is 1. The number of methoxy groups -OCH3 is 1. The molecule has 2 aromatic rings. The molecule has 3 rings (SSSR count). The summed E-state index contributed by atoms with van der Waals surface area (Å²) < 4.78 is 6.94. The largest absolute Gasteiger partial charge is 0.495 e. The van der Waals surface area contributed by atoms with E-state index in [2.05, 4.69) is 26.2 Å². The van der Waals surface area contributed by atoms with E-state index >= 15 is 0 Å². The Morgan fingerprint density at radius 3 is 2.83 bits per heavy atom. The zero-order valence-electron chi connectivity index (χ0n) is 14.1. The number of nitrogens with zero attached hydrogens (tertiary/aromatic N) is 4. The average molecular weight is 328 g/mol. The molecule has 1 aromatic heterocycles. The Balaban J connectivity index is 1.95. The van der Waals surface area contributed by atoms with Gasteiger partial charge in [0.05, 0.1) is 24.4 Å². The van der Waals surface area contributed by atoms with Gasteiger partial charge in [0.25, 0.3) is 5.91 Å². The number of para-hydroxylation sites is 2. The lowest BCUT2D eigenvalue weighted by Gasteiger charge is -2.30. The number of rotatable bonds is 4. The lowest BCUT2D eigenvalue weighted by atomic mass is 9.92. The van der Waals surface area contributed by atoms with Crippen LogP contribution in [0.1, 0.15) is 26.8 Å². The molecule has 1 aromatic carbocycles. The molecule has 0 unspecified atom stereocenters. The van der Waals surface area contributed by atoms with Crippen molar-refractivity contribution in [3.63, 3.8) is 0 Å². The van der Waals surface area contributed by atoms with Crippen LogP contribution < -0.4 is 15.4 Å². The van der Waals surface area contributed by atoms with Gasteiger partial charge >= 0.3 is 0 Å². The Hall–Kier alpha value is -2.90. The highest BCUT2D eigenvalue weighted by Crippen LogP contribution is 2.35. The molecule has 0 saturated heterocycles. The minimum Gasteiger partial charge on any atom is -0.495 e. The summed E-state index contributed by atoms with van der Waals surface area (Å²) in [4.78, 5) is 12.9. The van der Waals surface area contributed by atoms with Crippen molar-refractivity contribution < 1.29 is 9.53 Å². The molecule has 0 fully saturated rings. The number of tetrazole rings is 1. The number of aromatic nitrogens is 4. The van der Waals surface area contributed by atoms with Crippen molar-refractivity contribution in [3.8, 4) is 5.75 Å². The van der Waals surface area contributed by atoms with Crippen LogP contribution in [0.4, 0.5) is 11.6 Å². The molecule has 0 saturated carbocycles. The number of fused-ring (bicyclic) bond motifs is 1.